The molecule has 0 radical (unpaired) electrons. The van der Waals surface area contributed by atoms with Crippen LogP contribution in [0.4, 0.5) is 4.39 Å². The van der Waals surface area contributed by atoms with Crippen LogP contribution in [0.5, 0.6) is 11.5 Å². The fraction of sp³-hybridized carbons (Fsp3) is 0.440. The van der Waals surface area contributed by atoms with Gasteiger partial charge in [0.05, 0.1) is 17.4 Å². The van der Waals surface area contributed by atoms with Crippen molar-refractivity contribution in [3.05, 3.63) is 63.5 Å². The Morgan fingerprint density at radius 2 is 2.03 bits per heavy atom. The number of halogens is 1. The van der Waals surface area contributed by atoms with E-state index < -0.39 is 0 Å². The minimum Gasteiger partial charge on any atom is -0.486 e. The molecule has 0 spiro atoms. The Labute approximate surface area is 191 Å². The molecule has 7 nitrogen and oxygen atoms in total. The van der Waals surface area contributed by atoms with Crippen LogP contribution in [0.1, 0.15) is 23.2 Å². The van der Waals surface area contributed by atoms with Crippen LogP contribution in [0.25, 0.3) is 10.9 Å². The Hall–Kier alpha value is -2.97. The molecule has 3 aromatic rings. The Morgan fingerprint density at radius 1 is 1.15 bits per heavy atom. The molecule has 2 aromatic heterocycles. The molecule has 0 unspecified atom stereocenters. The zero-order valence-corrected chi connectivity index (χ0v) is 18.5. The van der Waals surface area contributed by atoms with Gasteiger partial charge in [0, 0.05) is 43.4 Å². The van der Waals surface area contributed by atoms with E-state index in [0.717, 1.165) is 54.0 Å². The van der Waals surface area contributed by atoms with E-state index in [1.165, 1.54) is 6.07 Å². The Balaban J connectivity index is 1.07. The summed E-state index contributed by atoms with van der Waals surface area (Å²) < 4.78 is 27.0. The van der Waals surface area contributed by atoms with Gasteiger partial charge in [-0.1, -0.05) is 0 Å². The summed E-state index contributed by atoms with van der Waals surface area (Å²) in [6, 6.07) is 7.22. The number of pyridine rings is 2. The zero-order chi connectivity index (χ0) is 22.4. The molecule has 1 N–H and O–H groups in total. The SMILES string of the molecule is O=c1c(CN2CC[C@H](CNCc3cc4c(cn3)OCCO4)C2)cc2ccc(F)c3c2n1CC3. The second-order valence-corrected chi connectivity index (χ2v) is 9.18. The maximum absolute atomic E-state index is 14.1. The van der Waals surface area contributed by atoms with Crippen LogP contribution < -0.4 is 20.3 Å². The van der Waals surface area contributed by atoms with Crippen molar-refractivity contribution in [3.8, 4) is 11.5 Å². The van der Waals surface area contributed by atoms with Crippen molar-refractivity contribution in [2.75, 3.05) is 32.8 Å². The summed E-state index contributed by atoms with van der Waals surface area (Å²) in [4.78, 5) is 19.8. The highest BCUT2D eigenvalue weighted by molar-refractivity contribution is 5.84. The van der Waals surface area contributed by atoms with Gasteiger partial charge in [0.1, 0.15) is 19.0 Å². The van der Waals surface area contributed by atoms with E-state index in [4.69, 9.17) is 9.47 Å². The highest BCUT2D eigenvalue weighted by Crippen LogP contribution is 2.30. The predicted octanol–water partition coefficient (Wildman–Crippen LogP) is 2.47. The van der Waals surface area contributed by atoms with E-state index in [2.05, 4.69) is 15.2 Å². The highest BCUT2D eigenvalue weighted by atomic mass is 19.1. The van der Waals surface area contributed by atoms with Gasteiger partial charge in [-0.15, -0.1) is 0 Å². The van der Waals surface area contributed by atoms with Crippen LogP contribution in [0.15, 0.2) is 35.3 Å². The fourth-order valence-electron chi connectivity index (χ4n) is 5.33. The molecule has 0 saturated carbocycles. The Morgan fingerprint density at radius 3 is 2.94 bits per heavy atom. The van der Waals surface area contributed by atoms with Crippen molar-refractivity contribution in [2.45, 2.75) is 32.5 Å². The smallest absolute Gasteiger partial charge is 0.255 e. The van der Waals surface area contributed by atoms with Gasteiger partial charge in [0.15, 0.2) is 11.5 Å². The van der Waals surface area contributed by atoms with E-state index in [0.29, 0.717) is 56.5 Å². The molecular weight excluding hydrogens is 423 g/mol. The number of aromatic nitrogens is 2. The molecule has 3 aliphatic rings. The number of aryl methyl sites for hydroxylation is 2. The fourth-order valence-corrected chi connectivity index (χ4v) is 5.33. The average Bonchev–Trinajstić information content (AvgIpc) is 3.47. The first-order valence-corrected chi connectivity index (χ1v) is 11.7. The maximum atomic E-state index is 14.1. The van der Waals surface area contributed by atoms with E-state index in [1.54, 1.807) is 16.8 Å². The summed E-state index contributed by atoms with van der Waals surface area (Å²) in [5.41, 5.74) is 3.22. The molecular formula is C25H27FN4O3. The van der Waals surface area contributed by atoms with Crippen LogP contribution in [0.3, 0.4) is 0 Å². The molecule has 172 valence electrons. The summed E-state index contributed by atoms with van der Waals surface area (Å²) in [5, 5.41) is 4.47. The third-order valence-corrected chi connectivity index (χ3v) is 6.95. The monoisotopic (exact) mass is 450 g/mol. The Kier molecular flexibility index (Phi) is 5.27. The molecule has 6 rings (SSSR count). The number of nitrogens with zero attached hydrogens (tertiary/aromatic N) is 3. The molecule has 1 aromatic carbocycles. The Bertz CT molecular complexity index is 1270. The minimum absolute atomic E-state index is 0.0260. The number of benzene rings is 1. The standard InChI is InChI=1S/C25H27FN4O3/c26-21-2-1-17-9-18(25(31)30-6-4-20(21)24(17)30)15-29-5-3-16(14-29)11-27-12-19-10-22-23(13-28-19)33-8-7-32-22/h1-2,9-10,13,16,27H,3-8,11-12,14-15H2/t16-/m1/s1. The lowest BCUT2D eigenvalue weighted by Crippen LogP contribution is -2.30. The lowest BCUT2D eigenvalue weighted by atomic mass is 10.1. The molecule has 0 amide bonds. The van der Waals surface area contributed by atoms with E-state index in [-0.39, 0.29) is 11.4 Å². The van der Waals surface area contributed by atoms with E-state index in [1.807, 2.05) is 12.1 Å². The van der Waals surface area contributed by atoms with Gasteiger partial charge >= 0.3 is 0 Å². The second kappa shape index (κ2) is 8.43. The van der Waals surface area contributed by atoms with Crippen molar-refractivity contribution in [2.24, 2.45) is 5.92 Å². The zero-order valence-electron chi connectivity index (χ0n) is 18.5. The van der Waals surface area contributed by atoms with Gasteiger partial charge in [-0.3, -0.25) is 14.7 Å². The molecule has 3 aliphatic heterocycles. The van der Waals surface area contributed by atoms with E-state index in [9.17, 15) is 9.18 Å². The van der Waals surface area contributed by atoms with Gasteiger partial charge in [0.2, 0.25) is 0 Å². The van der Waals surface area contributed by atoms with E-state index >= 15 is 0 Å². The van der Waals surface area contributed by atoms with Crippen molar-refractivity contribution in [3.63, 3.8) is 0 Å². The summed E-state index contributed by atoms with van der Waals surface area (Å²) in [7, 11) is 0. The first kappa shape index (κ1) is 20.6. The molecule has 0 bridgehead atoms. The van der Waals surface area contributed by atoms with Gasteiger partial charge in [-0.2, -0.15) is 0 Å². The summed E-state index contributed by atoms with van der Waals surface area (Å²) in [6.07, 6.45) is 3.42. The molecule has 1 fully saturated rings. The lowest BCUT2D eigenvalue weighted by Gasteiger charge is -2.19. The van der Waals surface area contributed by atoms with Crippen LogP contribution in [0.2, 0.25) is 0 Å². The highest BCUT2D eigenvalue weighted by Gasteiger charge is 2.25. The molecule has 1 atom stereocenters. The molecule has 33 heavy (non-hydrogen) atoms. The quantitative estimate of drug-likeness (QED) is 0.622. The van der Waals surface area contributed by atoms with Gasteiger partial charge in [0.25, 0.3) is 5.56 Å². The van der Waals surface area contributed by atoms with Crippen LogP contribution in [0, 0.1) is 11.7 Å². The molecule has 5 heterocycles. The number of ether oxygens (including phenoxy) is 2. The molecule has 0 aliphatic carbocycles. The maximum Gasteiger partial charge on any atom is 0.255 e. The van der Waals surface area contributed by atoms with Crippen molar-refractivity contribution >= 4 is 10.9 Å². The number of hydrogen-bond acceptors (Lipinski definition) is 6. The number of fused-ring (bicyclic) bond motifs is 1. The van der Waals surface area contributed by atoms with Crippen molar-refractivity contribution in [1.82, 2.24) is 19.8 Å². The van der Waals surface area contributed by atoms with Gasteiger partial charge in [-0.05, 0) is 55.4 Å². The van der Waals surface area contributed by atoms with Crippen LogP contribution in [-0.2, 0) is 26.1 Å². The van der Waals surface area contributed by atoms with Crippen LogP contribution in [-0.4, -0.2) is 47.3 Å². The number of rotatable bonds is 6. The van der Waals surface area contributed by atoms with Gasteiger partial charge in [-0.25, -0.2) is 4.39 Å². The first-order chi connectivity index (χ1) is 16.2. The average molecular weight is 451 g/mol. The lowest BCUT2D eigenvalue weighted by molar-refractivity contribution is 0.170. The molecule has 1 saturated heterocycles. The summed E-state index contributed by atoms with van der Waals surface area (Å²) >= 11 is 0. The minimum atomic E-state index is -0.206. The normalized spacial score (nSPS) is 19.5. The molecule has 8 heteroatoms. The second-order valence-electron chi connectivity index (χ2n) is 9.18. The summed E-state index contributed by atoms with van der Waals surface area (Å²) in [6.45, 7) is 5.86. The number of likely N-dealkylation sites (tertiary alicyclic amines) is 1. The predicted molar refractivity (Wildman–Crippen MR) is 122 cm³/mol. The largest absolute Gasteiger partial charge is 0.486 e. The van der Waals surface area contributed by atoms with Crippen molar-refractivity contribution in [1.29, 1.82) is 0 Å². The number of nitrogens with one attached hydrogen (secondary N) is 1. The number of hydrogen-bond donors (Lipinski definition) is 1. The van der Waals surface area contributed by atoms with Crippen molar-refractivity contribution < 1.29 is 13.9 Å². The third-order valence-electron chi connectivity index (χ3n) is 6.95. The summed E-state index contributed by atoms with van der Waals surface area (Å²) in [5.74, 6) is 1.80. The topological polar surface area (TPSA) is 68.6 Å². The van der Waals surface area contributed by atoms with Crippen LogP contribution >= 0.6 is 0 Å². The first-order valence-electron chi connectivity index (χ1n) is 11.7. The third kappa shape index (κ3) is 3.87. The van der Waals surface area contributed by atoms with Gasteiger partial charge < -0.3 is 19.4 Å².